The average Bonchev–Trinajstić information content (AvgIpc) is 2.85. The van der Waals surface area contributed by atoms with Crippen LogP contribution in [0.25, 0.3) is 0 Å². The van der Waals surface area contributed by atoms with E-state index in [9.17, 15) is 13.6 Å². The van der Waals surface area contributed by atoms with Crippen LogP contribution in [0, 0.1) is 17.7 Å². The highest BCUT2D eigenvalue weighted by atomic mass is 19.2. The molecule has 3 nitrogen and oxygen atoms in total. The van der Waals surface area contributed by atoms with Crippen molar-refractivity contribution >= 4 is 5.91 Å². The van der Waals surface area contributed by atoms with Gasteiger partial charge in [0, 0.05) is 12.7 Å². The van der Waals surface area contributed by atoms with Crippen molar-refractivity contribution in [1.82, 2.24) is 10.3 Å². The lowest BCUT2D eigenvalue weighted by atomic mass is 10.0. The maximum absolute atomic E-state index is 13.3. The molecule has 1 fully saturated rings. The molecule has 2 rings (SSSR count). The number of carbonyl (C=O) groups is 1. The van der Waals surface area contributed by atoms with Gasteiger partial charge in [0.25, 0.3) is 5.91 Å². The summed E-state index contributed by atoms with van der Waals surface area (Å²) >= 11 is 0. The van der Waals surface area contributed by atoms with Gasteiger partial charge in [0.2, 0.25) is 5.95 Å². The van der Waals surface area contributed by atoms with Gasteiger partial charge >= 0.3 is 0 Å². The minimum Gasteiger partial charge on any atom is -0.352 e. The molecule has 1 amide bonds. The van der Waals surface area contributed by atoms with Gasteiger partial charge in [-0.15, -0.1) is 0 Å². The number of hydrogen-bond donors (Lipinski definition) is 1. The van der Waals surface area contributed by atoms with Gasteiger partial charge in [-0.2, -0.15) is 4.39 Å². The van der Waals surface area contributed by atoms with E-state index in [1.165, 1.54) is 31.7 Å². The largest absolute Gasteiger partial charge is 0.352 e. The van der Waals surface area contributed by atoms with E-state index in [1.807, 2.05) is 0 Å². The minimum atomic E-state index is -1.24. The fraction of sp³-hybridized carbons (Fsp3) is 0.538. The van der Waals surface area contributed by atoms with E-state index in [0.717, 1.165) is 12.6 Å². The topological polar surface area (TPSA) is 42.0 Å². The molecule has 18 heavy (non-hydrogen) atoms. The van der Waals surface area contributed by atoms with Gasteiger partial charge < -0.3 is 5.32 Å². The monoisotopic (exact) mass is 254 g/mol. The van der Waals surface area contributed by atoms with Gasteiger partial charge in [-0.1, -0.05) is 25.7 Å². The summed E-state index contributed by atoms with van der Waals surface area (Å²) in [6.07, 6.45) is 6.90. The molecule has 0 saturated heterocycles. The van der Waals surface area contributed by atoms with E-state index in [4.69, 9.17) is 0 Å². The van der Waals surface area contributed by atoms with Gasteiger partial charge in [0.1, 0.15) is 0 Å². The van der Waals surface area contributed by atoms with Gasteiger partial charge in [0.05, 0.1) is 5.56 Å². The summed E-state index contributed by atoms with van der Waals surface area (Å²) in [4.78, 5) is 14.8. The highest BCUT2D eigenvalue weighted by molar-refractivity contribution is 5.94. The van der Waals surface area contributed by atoms with E-state index in [2.05, 4.69) is 10.3 Å². The van der Waals surface area contributed by atoms with Crippen LogP contribution in [-0.2, 0) is 0 Å². The molecule has 1 aromatic rings. The van der Waals surface area contributed by atoms with E-state index in [0.29, 0.717) is 12.5 Å². The molecule has 1 aliphatic carbocycles. The summed E-state index contributed by atoms with van der Waals surface area (Å²) in [5.74, 6) is -2.34. The van der Waals surface area contributed by atoms with Crippen LogP contribution < -0.4 is 5.32 Å². The van der Waals surface area contributed by atoms with Crippen LogP contribution >= 0.6 is 0 Å². The molecule has 1 heterocycles. The van der Waals surface area contributed by atoms with E-state index in [-0.39, 0.29) is 5.56 Å². The van der Waals surface area contributed by atoms with Gasteiger partial charge in [-0.3, -0.25) is 4.79 Å². The first-order valence-corrected chi connectivity index (χ1v) is 6.26. The number of amides is 1. The fourth-order valence-electron chi connectivity index (χ4n) is 2.38. The molecule has 0 radical (unpaired) electrons. The van der Waals surface area contributed by atoms with Crippen molar-refractivity contribution in [3.8, 4) is 0 Å². The summed E-state index contributed by atoms with van der Waals surface area (Å²) < 4.78 is 26.1. The molecule has 5 heteroatoms. The Balaban J connectivity index is 1.85. The molecular formula is C13H16F2N2O. The van der Waals surface area contributed by atoms with Crippen molar-refractivity contribution < 1.29 is 13.6 Å². The zero-order chi connectivity index (χ0) is 13.0. The van der Waals surface area contributed by atoms with Crippen LogP contribution in [0.3, 0.4) is 0 Å². The number of nitrogens with one attached hydrogen (secondary N) is 1. The minimum absolute atomic E-state index is 0.283. The summed E-state index contributed by atoms with van der Waals surface area (Å²) in [6.45, 7) is 0.507. The van der Waals surface area contributed by atoms with Gasteiger partial charge in [0.15, 0.2) is 5.82 Å². The summed E-state index contributed by atoms with van der Waals surface area (Å²) in [5, 5.41) is 2.62. The van der Waals surface area contributed by atoms with Crippen LogP contribution in [0.5, 0.6) is 0 Å². The van der Waals surface area contributed by atoms with Crippen molar-refractivity contribution in [2.45, 2.75) is 32.1 Å². The zero-order valence-electron chi connectivity index (χ0n) is 10.1. The third-order valence-corrected chi connectivity index (χ3v) is 3.40. The summed E-state index contributed by atoms with van der Waals surface area (Å²) in [5.41, 5.74) is -0.283. The second kappa shape index (κ2) is 5.89. The van der Waals surface area contributed by atoms with Crippen LogP contribution in [0.2, 0.25) is 0 Å². The Morgan fingerprint density at radius 1 is 1.39 bits per heavy atom. The Kier molecular flexibility index (Phi) is 4.23. The molecule has 1 aromatic heterocycles. The number of hydrogen-bond acceptors (Lipinski definition) is 2. The molecule has 1 saturated carbocycles. The van der Waals surface area contributed by atoms with Crippen molar-refractivity contribution in [3.63, 3.8) is 0 Å². The van der Waals surface area contributed by atoms with Crippen molar-refractivity contribution in [1.29, 1.82) is 0 Å². The lowest BCUT2D eigenvalue weighted by Crippen LogP contribution is -2.27. The molecule has 0 spiro atoms. The third kappa shape index (κ3) is 3.03. The molecule has 0 aromatic carbocycles. The van der Waals surface area contributed by atoms with Crippen LogP contribution in [0.4, 0.5) is 8.78 Å². The number of carbonyl (C=O) groups excluding carboxylic acids is 1. The van der Waals surface area contributed by atoms with Crippen molar-refractivity contribution in [3.05, 3.63) is 29.6 Å². The molecule has 0 aliphatic heterocycles. The Bertz CT molecular complexity index is 431. The molecule has 0 atom stereocenters. The summed E-state index contributed by atoms with van der Waals surface area (Å²) in [6, 6.07) is 1.18. The lowest BCUT2D eigenvalue weighted by molar-refractivity contribution is 0.0946. The molecular weight excluding hydrogens is 238 g/mol. The van der Waals surface area contributed by atoms with Gasteiger partial charge in [-0.25, -0.2) is 9.37 Å². The van der Waals surface area contributed by atoms with Crippen LogP contribution in [0.1, 0.15) is 42.5 Å². The zero-order valence-corrected chi connectivity index (χ0v) is 10.1. The highest BCUT2D eigenvalue weighted by Gasteiger charge is 2.17. The first kappa shape index (κ1) is 12.9. The number of aromatic nitrogens is 1. The molecule has 1 N–H and O–H groups in total. The normalized spacial score (nSPS) is 15.9. The Hall–Kier alpha value is -1.52. The highest BCUT2D eigenvalue weighted by Crippen LogP contribution is 2.26. The summed E-state index contributed by atoms with van der Waals surface area (Å²) in [7, 11) is 0. The molecule has 0 bridgehead atoms. The number of halogens is 2. The first-order valence-electron chi connectivity index (χ1n) is 6.26. The second-order valence-corrected chi connectivity index (χ2v) is 4.66. The Labute approximate surface area is 105 Å². The van der Waals surface area contributed by atoms with Crippen LogP contribution in [0.15, 0.2) is 12.3 Å². The smallest absolute Gasteiger partial charge is 0.254 e. The maximum atomic E-state index is 13.3. The fourth-order valence-corrected chi connectivity index (χ4v) is 2.38. The van der Waals surface area contributed by atoms with Crippen LogP contribution in [-0.4, -0.2) is 17.4 Å². The Morgan fingerprint density at radius 3 is 2.83 bits per heavy atom. The third-order valence-electron chi connectivity index (χ3n) is 3.40. The Morgan fingerprint density at radius 2 is 2.11 bits per heavy atom. The predicted molar refractivity (Wildman–Crippen MR) is 63.1 cm³/mol. The quantitative estimate of drug-likeness (QED) is 0.839. The molecule has 1 aliphatic rings. The van der Waals surface area contributed by atoms with Crippen molar-refractivity contribution in [2.24, 2.45) is 5.92 Å². The van der Waals surface area contributed by atoms with E-state index < -0.39 is 17.7 Å². The molecule has 98 valence electrons. The number of rotatable bonds is 4. The van der Waals surface area contributed by atoms with E-state index in [1.54, 1.807) is 0 Å². The second-order valence-electron chi connectivity index (χ2n) is 4.66. The first-order chi connectivity index (χ1) is 8.68. The number of nitrogens with zero attached hydrogens (tertiary/aromatic N) is 1. The predicted octanol–water partition coefficient (Wildman–Crippen LogP) is 2.67. The lowest BCUT2D eigenvalue weighted by Gasteiger charge is -2.10. The average molecular weight is 254 g/mol. The SMILES string of the molecule is O=C(NCCC1CCCC1)c1ccnc(F)c1F. The van der Waals surface area contributed by atoms with Crippen molar-refractivity contribution in [2.75, 3.05) is 6.54 Å². The maximum Gasteiger partial charge on any atom is 0.254 e. The van der Waals surface area contributed by atoms with E-state index >= 15 is 0 Å². The molecule has 0 unspecified atom stereocenters. The standard InChI is InChI=1S/C13H16F2N2O/c14-11-10(6-8-16-12(11)15)13(18)17-7-5-9-3-1-2-4-9/h6,8-9H,1-5,7H2,(H,17,18). The number of pyridine rings is 1. The van der Waals surface area contributed by atoms with Gasteiger partial charge in [-0.05, 0) is 18.4 Å².